The molecule has 0 spiro atoms. The quantitative estimate of drug-likeness (QED) is 0.869. The fraction of sp³-hybridized carbons (Fsp3) is 0.333. The average Bonchev–Trinajstić information content (AvgIpc) is 2.54. The van der Waals surface area contributed by atoms with E-state index in [4.69, 9.17) is 9.47 Å². The molecule has 21 heavy (non-hydrogen) atoms. The van der Waals surface area contributed by atoms with Crippen LogP contribution in [0.2, 0.25) is 0 Å². The van der Waals surface area contributed by atoms with Crippen molar-refractivity contribution in [3.8, 4) is 22.6 Å². The third kappa shape index (κ3) is 3.56. The smallest absolute Gasteiger partial charge is 0.161 e. The summed E-state index contributed by atoms with van der Waals surface area (Å²) in [6, 6.07) is 15.0. The van der Waals surface area contributed by atoms with Crippen LogP contribution in [-0.4, -0.2) is 20.8 Å². The lowest BCUT2D eigenvalue weighted by Gasteiger charge is -2.14. The number of nitrogens with one attached hydrogen (secondary N) is 1. The van der Waals surface area contributed by atoms with Crippen molar-refractivity contribution in [3.05, 3.63) is 48.0 Å². The van der Waals surface area contributed by atoms with E-state index in [1.54, 1.807) is 14.2 Å². The number of methoxy groups -OCH3 is 2. The SMILES string of the molecule is CCNC(C)c1ccc(-c2ccc(OC)c(OC)c2)cc1. The van der Waals surface area contributed by atoms with Crippen molar-refractivity contribution in [1.29, 1.82) is 0 Å². The molecule has 2 aromatic rings. The van der Waals surface area contributed by atoms with Gasteiger partial charge >= 0.3 is 0 Å². The van der Waals surface area contributed by atoms with Gasteiger partial charge in [0.05, 0.1) is 14.2 Å². The van der Waals surface area contributed by atoms with E-state index in [1.807, 2.05) is 18.2 Å². The van der Waals surface area contributed by atoms with E-state index >= 15 is 0 Å². The fourth-order valence-electron chi connectivity index (χ4n) is 2.40. The topological polar surface area (TPSA) is 30.5 Å². The van der Waals surface area contributed by atoms with Crippen LogP contribution in [0.3, 0.4) is 0 Å². The first-order valence-electron chi connectivity index (χ1n) is 7.25. The monoisotopic (exact) mass is 285 g/mol. The molecule has 1 N–H and O–H groups in total. The van der Waals surface area contributed by atoms with E-state index in [1.165, 1.54) is 11.1 Å². The van der Waals surface area contributed by atoms with Crippen molar-refractivity contribution in [1.82, 2.24) is 5.32 Å². The fourth-order valence-corrected chi connectivity index (χ4v) is 2.40. The Morgan fingerprint density at radius 1 is 0.905 bits per heavy atom. The molecule has 0 aromatic heterocycles. The van der Waals surface area contributed by atoms with Crippen LogP contribution >= 0.6 is 0 Å². The van der Waals surface area contributed by atoms with Crippen molar-refractivity contribution >= 4 is 0 Å². The highest BCUT2D eigenvalue weighted by Crippen LogP contribution is 2.32. The van der Waals surface area contributed by atoms with Crippen LogP contribution in [0.4, 0.5) is 0 Å². The average molecular weight is 285 g/mol. The van der Waals surface area contributed by atoms with Gasteiger partial charge in [-0.3, -0.25) is 0 Å². The molecule has 0 heterocycles. The van der Waals surface area contributed by atoms with Crippen LogP contribution in [0, 0.1) is 0 Å². The molecule has 0 aliphatic rings. The lowest BCUT2D eigenvalue weighted by atomic mass is 10.0. The zero-order valence-corrected chi connectivity index (χ0v) is 13.1. The van der Waals surface area contributed by atoms with E-state index in [0.29, 0.717) is 6.04 Å². The second kappa shape index (κ2) is 7.14. The summed E-state index contributed by atoms with van der Waals surface area (Å²) < 4.78 is 10.6. The molecule has 2 rings (SSSR count). The van der Waals surface area contributed by atoms with Gasteiger partial charge in [-0.25, -0.2) is 0 Å². The summed E-state index contributed by atoms with van der Waals surface area (Å²) in [5.74, 6) is 1.50. The van der Waals surface area contributed by atoms with Gasteiger partial charge in [0.1, 0.15) is 0 Å². The van der Waals surface area contributed by atoms with E-state index in [2.05, 4.69) is 43.4 Å². The maximum absolute atomic E-state index is 5.36. The molecule has 0 radical (unpaired) electrons. The zero-order valence-electron chi connectivity index (χ0n) is 13.1. The molecule has 0 aliphatic heterocycles. The number of hydrogen-bond acceptors (Lipinski definition) is 3. The van der Waals surface area contributed by atoms with Gasteiger partial charge in [0.2, 0.25) is 0 Å². The molecule has 2 aromatic carbocycles. The minimum absolute atomic E-state index is 0.370. The first-order valence-corrected chi connectivity index (χ1v) is 7.25. The van der Waals surface area contributed by atoms with Crippen molar-refractivity contribution < 1.29 is 9.47 Å². The molecule has 1 unspecified atom stereocenters. The number of ether oxygens (including phenoxy) is 2. The van der Waals surface area contributed by atoms with E-state index in [-0.39, 0.29) is 0 Å². The van der Waals surface area contributed by atoms with Gasteiger partial charge < -0.3 is 14.8 Å². The molecule has 3 heteroatoms. The Balaban J connectivity index is 2.26. The van der Waals surface area contributed by atoms with Gasteiger partial charge in [0.25, 0.3) is 0 Å². The third-order valence-electron chi connectivity index (χ3n) is 3.64. The largest absolute Gasteiger partial charge is 0.493 e. The third-order valence-corrected chi connectivity index (χ3v) is 3.64. The first-order chi connectivity index (χ1) is 10.2. The Bertz CT molecular complexity index is 578. The molecule has 0 saturated carbocycles. The molecule has 112 valence electrons. The van der Waals surface area contributed by atoms with Gasteiger partial charge in [0, 0.05) is 6.04 Å². The van der Waals surface area contributed by atoms with E-state index < -0.39 is 0 Å². The Hall–Kier alpha value is -2.00. The second-order valence-electron chi connectivity index (χ2n) is 4.97. The minimum Gasteiger partial charge on any atom is -0.493 e. The summed E-state index contributed by atoms with van der Waals surface area (Å²) in [5, 5.41) is 3.42. The van der Waals surface area contributed by atoms with Crippen LogP contribution in [0.5, 0.6) is 11.5 Å². The van der Waals surface area contributed by atoms with Crippen molar-refractivity contribution in [2.75, 3.05) is 20.8 Å². The summed E-state index contributed by atoms with van der Waals surface area (Å²) in [6.07, 6.45) is 0. The normalized spacial score (nSPS) is 12.0. The predicted octanol–water partition coefficient (Wildman–Crippen LogP) is 4.04. The molecule has 3 nitrogen and oxygen atoms in total. The number of benzene rings is 2. The summed E-state index contributed by atoms with van der Waals surface area (Å²) in [7, 11) is 3.30. The van der Waals surface area contributed by atoms with Gasteiger partial charge in [0.15, 0.2) is 11.5 Å². The molecule has 0 amide bonds. The first kappa shape index (κ1) is 15.4. The van der Waals surface area contributed by atoms with Gasteiger partial charge in [-0.2, -0.15) is 0 Å². The zero-order chi connectivity index (χ0) is 15.2. The lowest BCUT2D eigenvalue weighted by Crippen LogP contribution is -2.17. The molecule has 0 saturated heterocycles. The van der Waals surface area contributed by atoms with Crippen LogP contribution in [-0.2, 0) is 0 Å². The molecular weight excluding hydrogens is 262 g/mol. The maximum atomic E-state index is 5.36. The van der Waals surface area contributed by atoms with Crippen molar-refractivity contribution in [3.63, 3.8) is 0 Å². The number of hydrogen-bond donors (Lipinski definition) is 1. The van der Waals surface area contributed by atoms with Crippen LogP contribution < -0.4 is 14.8 Å². The molecule has 0 aliphatic carbocycles. The summed E-state index contributed by atoms with van der Waals surface area (Å²) in [5.41, 5.74) is 3.58. The highest BCUT2D eigenvalue weighted by atomic mass is 16.5. The van der Waals surface area contributed by atoms with Gasteiger partial charge in [-0.15, -0.1) is 0 Å². The lowest BCUT2D eigenvalue weighted by molar-refractivity contribution is 0.355. The Morgan fingerprint density at radius 2 is 1.52 bits per heavy atom. The van der Waals surface area contributed by atoms with E-state index in [0.717, 1.165) is 23.6 Å². The van der Waals surface area contributed by atoms with E-state index in [9.17, 15) is 0 Å². The standard InChI is InChI=1S/C18H23NO2/c1-5-19-13(2)14-6-8-15(9-7-14)16-10-11-17(20-3)18(12-16)21-4/h6-13,19H,5H2,1-4H3. The highest BCUT2D eigenvalue weighted by Gasteiger charge is 2.07. The molecular formula is C18H23NO2. The molecule has 1 atom stereocenters. The maximum Gasteiger partial charge on any atom is 0.161 e. The Labute approximate surface area is 126 Å². The van der Waals surface area contributed by atoms with Crippen LogP contribution in [0.1, 0.15) is 25.5 Å². The summed E-state index contributed by atoms with van der Waals surface area (Å²) >= 11 is 0. The Morgan fingerprint density at radius 3 is 2.10 bits per heavy atom. The molecule has 0 fully saturated rings. The predicted molar refractivity (Wildman–Crippen MR) is 87.1 cm³/mol. The second-order valence-corrected chi connectivity index (χ2v) is 4.97. The van der Waals surface area contributed by atoms with Crippen LogP contribution in [0.25, 0.3) is 11.1 Å². The van der Waals surface area contributed by atoms with Gasteiger partial charge in [-0.05, 0) is 42.3 Å². The highest BCUT2D eigenvalue weighted by molar-refractivity contribution is 5.67. The van der Waals surface area contributed by atoms with Gasteiger partial charge in [-0.1, -0.05) is 37.3 Å². The van der Waals surface area contributed by atoms with Crippen molar-refractivity contribution in [2.45, 2.75) is 19.9 Å². The molecule has 0 bridgehead atoms. The van der Waals surface area contributed by atoms with Crippen LogP contribution in [0.15, 0.2) is 42.5 Å². The Kier molecular flexibility index (Phi) is 5.23. The number of rotatable bonds is 6. The summed E-state index contributed by atoms with van der Waals surface area (Å²) in [4.78, 5) is 0. The van der Waals surface area contributed by atoms with Crippen molar-refractivity contribution in [2.24, 2.45) is 0 Å². The minimum atomic E-state index is 0.370. The summed E-state index contributed by atoms with van der Waals surface area (Å²) in [6.45, 7) is 5.27.